The van der Waals surface area contributed by atoms with E-state index in [1.165, 1.54) is 0 Å². The lowest BCUT2D eigenvalue weighted by atomic mass is 10.1. The number of carbonyl (C=O) groups excluding carboxylic acids is 1. The van der Waals surface area contributed by atoms with Crippen LogP contribution in [0, 0.1) is 6.92 Å². The summed E-state index contributed by atoms with van der Waals surface area (Å²) in [5.74, 6) is 0.491. The van der Waals surface area contributed by atoms with Gasteiger partial charge >= 0.3 is 0 Å². The van der Waals surface area contributed by atoms with Gasteiger partial charge in [0.2, 0.25) is 0 Å². The number of carbonyl (C=O) groups is 1. The summed E-state index contributed by atoms with van der Waals surface area (Å²) in [6.45, 7) is 3.71. The molecule has 0 radical (unpaired) electrons. The lowest BCUT2D eigenvalue weighted by Crippen LogP contribution is -2.30. The van der Waals surface area contributed by atoms with Gasteiger partial charge in [-0.15, -0.1) is 11.3 Å². The summed E-state index contributed by atoms with van der Waals surface area (Å²) in [4.78, 5) is 16.7. The molecule has 4 nitrogen and oxygen atoms in total. The van der Waals surface area contributed by atoms with E-state index in [0.29, 0.717) is 5.75 Å². The highest BCUT2D eigenvalue weighted by molar-refractivity contribution is 7.09. The first-order valence-electron chi connectivity index (χ1n) is 7.67. The van der Waals surface area contributed by atoms with Gasteiger partial charge in [-0.1, -0.05) is 30.3 Å². The van der Waals surface area contributed by atoms with Crippen molar-refractivity contribution < 1.29 is 9.53 Å². The topological polar surface area (TPSA) is 51.2 Å². The van der Waals surface area contributed by atoms with E-state index in [4.69, 9.17) is 4.74 Å². The first-order chi connectivity index (χ1) is 11.6. The fourth-order valence-corrected chi connectivity index (χ4v) is 2.84. The van der Waals surface area contributed by atoms with Gasteiger partial charge in [-0.05, 0) is 38.1 Å². The highest BCUT2D eigenvalue weighted by atomic mass is 32.1. The molecule has 0 fully saturated rings. The Morgan fingerprint density at radius 3 is 2.46 bits per heavy atom. The minimum atomic E-state index is -0.576. The summed E-state index contributed by atoms with van der Waals surface area (Å²) < 4.78 is 5.62. The Bertz CT molecular complexity index is 813. The summed E-state index contributed by atoms with van der Waals surface area (Å²) in [5, 5.41) is 5.93. The molecular formula is C19H18N2O2S. The van der Waals surface area contributed by atoms with Gasteiger partial charge in [0.15, 0.2) is 6.10 Å². The second-order valence-electron chi connectivity index (χ2n) is 5.39. The van der Waals surface area contributed by atoms with Gasteiger partial charge < -0.3 is 10.1 Å². The van der Waals surface area contributed by atoms with Gasteiger partial charge in [-0.2, -0.15) is 0 Å². The summed E-state index contributed by atoms with van der Waals surface area (Å²) >= 11 is 1.62. The van der Waals surface area contributed by atoms with Gasteiger partial charge in [0.1, 0.15) is 5.75 Å². The number of hydrogen-bond acceptors (Lipinski definition) is 4. The smallest absolute Gasteiger partial charge is 0.265 e. The highest BCUT2D eigenvalue weighted by Gasteiger charge is 2.14. The zero-order chi connectivity index (χ0) is 16.9. The number of ether oxygens (including phenoxy) is 1. The number of nitrogens with zero attached hydrogens (tertiary/aromatic N) is 1. The number of thiazole rings is 1. The normalized spacial score (nSPS) is 11.8. The van der Waals surface area contributed by atoms with Crippen LogP contribution in [-0.2, 0) is 4.79 Å². The van der Waals surface area contributed by atoms with Crippen molar-refractivity contribution in [2.75, 3.05) is 5.32 Å². The zero-order valence-electron chi connectivity index (χ0n) is 13.5. The molecule has 1 amide bonds. The largest absolute Gasteiger partial charge is 0.481 e. The van der Waals surface area contributed by atoms with Crippen LogP contribution < -0.4 is 10.1 Å². The molecular weight excluding hydrogens is 320 g/mol. The van der Waals surface area contributed by atoms with E-state index < -0.39 is 6.10 Å². The number of anilines is 1. The van der Waals surface area contributed by atoms with E-state index in [1.54, 1.807) is 18.3 Å². The van der Waals surface area contributed by atoms with E-state index in [-0.39, 0.29) is 5.91 Å². The Balaban J connectivity index is 1.62. The summed E-state index contributed by atoms with van der Waals surface area (Å²) in [6.07, 6.45) is -0.576. The van der Waals surface area contributed by atoms with Crippen LogP contribution in [0.3, 0.4) is 0 Å². The molecule has 0 aliphatic heterocycles. The number of para-hydroxylation sites is 1. The van der Waals surface area contributed by atoms with Crippen molar-refractivity contribution in [3.63, 3.8) is 0 Å². The van der Waals surface area contributed by atoms with Gasteiger partial charge in [-0.3, -0.25) is 4.79 Å². The number of hydrogen-bond donors (Lipinski definition) is 1. The second kappa shape index (κ2) is 7.27. The molecule has 0 aliphatic carbocycles. The molecule has 1 N–H and O–H groups in total. The van der Waals surface area contributed by atoms with Gasteiger partial charge in [0.25, 0.3) is 5.91 Å². The molecule has 24 heavy (non-hydrogen) atoms. The monoisotopic (exact) mass is 338 g/mol. The van der Waals surface area contributed by atoms with Crippen molar-refractivity contribution >= 4 is 22.9 Å². The SMILES string of the molecule is Cc1nc(-c2ccc(NC(=O)C(C)Oc3ccccc3)cc2)cs1. The maximum absolute atomic E-state index is 12.2. The van der Waals surface area contributed by atoms with Gasteiger partial charge in [0.05, 0.1) is 10.7 Å². The Kier molecular flexibility index (Phi) is 4.91. The van der Waals surface area contributed by atoms with Crippen LogP contribution in [-0.4, -0.2) is 17.0 Å². The highest BCUT2D eigenvalue weighted by Crippen LogP contribution is 2.23. The Morgan fingerprint density at radius 2 is 1.83 bits per heavy atom. The fraction of sp³-hybridized carbons (Fsp3) is 0.158. The molecule has 122 valence electrons. The predicted octanol–water partition coefficient (Wildman–Crippen LogP) is 4.52. The molecule has 1 atom stereocenters. The molecule has 0 saturated heterocycles. The lowest BCUT2D eigenvalue weighted by Gasteiger charge is -2.14. The summed E-state index contributed by atoms with van der Waals surface area (Å²) in [6, 6.07) is 17.0. The van der Waals surface area contributed by atoms with E-state index in [0.717, 1.165) is 22.0 Å². The molecule has 0 saturated carbocycles. The minimum Gasteiger partial charge on any atom is -0.481 e. The Morgan fingerprint density at radius 1 is 1.12 bits per heavy atom. The fourth-order valence-electron chi connectivity index (χ4n) is 2.22. The third-order valence-electron chi connectivity index (χ3n) is 3.49. The van der Waals surface area contributed by atoms with Crippen molar-refractivity contribution in [3.05, 3.63) is 65.0 Å². The Labute approximate surface area is 145 Å². The molecule has 1 heterocycles. The third kappa shape index (κ3) is 4.00. The first-order valence-corrected chi connectivity index (χ1v) is 8.55. The van der Waals surface area contributed by atoms with Crippen molar-refractivity contribution in [2.45, 2.75) is 20.0 Å². The van der Waals surface area contributed by atoms with E-state index in [1.807, 2.05) is 66.9 Å². The van der Waals surface area contributed by atoms with Crippen molar-refractivity contribution in [2.24, 2.45) is 0 Å². The molecule has 1 unspecified atom stereocenters. The minimum absolute atomic E-state index is 0.184. The number of aromatic nitrogens is 1. The average Bonchev–Trinajstić information content (AvgIpc) is 3.03. The molecule has 2 aromatic carbocycles. The average molecular weight is 338 g/mol. The summed E-state index contributed by atoms with van der Waals surface area (Å²) in [5.41, 5.74) is 2.72. The predicted molar refractivity (Wildman–Crippen MR) is 97.4 cm³/mol. The van der Waals surface area contributed by atoms with Crippen molar-refractivity contribution in [1.82, 2.24) is 4.98 Å². The zero-order valence-corrected chi connectivity index (χ0v) is 14.3. The first kappa shape index (κ1) is 16.2. The number of rotatable bonds is 5. The van der Waals surface area contributed by atoms with Crippen LogP contribution in [0.1, 0.15) is 11.9 Å². The molecule has 3 aromatic rings. The molecule has 1 aromatic heterocycles. The van der Waals surface area contributed by atoms with Gasteiger partial charge in [0, 0.05) is 16.6 Å². The molecule has 0 spiro atoms. The second-order valence-corrected chi connectivity index (χ2v) is 6.45. The molecule has 0 aliphatic rings. The van der Waals surface area contributed by atoms with Crippen LogP contribution in [0.5, 0.6) is 5.75 Å². The lowest BCUT2D eigenvalue weighted by molar-refractivity contribution is -0.122. The van der Waals surface area contributed by atoms with E-state index >= 15 is 0 Å². The number of nitrogens with one attached hydrogen (secondary N) is 1. The van der Waals surface area contributed by atoms with Crippen LogP contribution in [0.2, 0.25) is 0 Å². The maximum atomic E-state index is 12.2. The van der Waals surface area contributed by atoms with Crippen molar-refractivity contribution in [1.29, 1.82) is 0 Å². The number of amides is 1. The number of aryl methyl sites for hydroxylation is 1. The van der Waals surface area contributed by atoms with Crippen LogP contribution in [0.4, 0.5) is 5.69 Å². The standard InChI is InChI=1S/C19H18N2O2S/c1-13(23-17-6-4-3-5-7-17)19(22)21-16-10-8-15(9-11-16)18-12-24-14(2)20-18/h3-13H,1-2H3,(H,21,22). The maximum Gasteiger partial charge on any atom is 0.265 e. The van der Waals surface area contributed by atoms with Crippen molar-refractivity contribution in [3.8, 4) is 17.0 Å². The molecule has 5 heteroatoms. The van der Waals surface area contributed by atoms with Gasteiger partial charge in [-0.25, -0.2) is 4.98 Å². The quantitative estimate of drug-likeness (QED) is 0.744. The van der Waals surface area contributed by atoms with E-state index in [2.05, 4.69) is 10.3 Å². The van der Waals surface area contributed by atoms with Crippen LogP contribution >= 0.6 is 11.3 Å². The number of benzene rings is 2. The van der Waals surface area contributed by atoms with Crippen LogP contribution in [0.15, 0.2) is 60.0 Å². The summed E-state index contributed by atoms with van der Waals surface area (Å²) in [7, 11) is 0. The Hall–Kier alpha value is -2.66. The molecule has 3 rings (SSSR count). The van der Waals surface area contributed by atoms with E-state index in [9.17, 15) is 4.79 Å². The van der Waals surface area contributed by atoms with Crippen LogP contribution in [0.25, 0.3) is 11.3 Å². The molecule has 0 bridgehead atoms. The third-order valence-corrected chi connectivity index (χ3v) is 4.27.